The number of hydrogen-bond donors (Lipinski definition) is 1. The predicted molar refractivity (Wildman–Crippen MR) is 91.8 cm³/mol. The van der Waals surface area contributed by atoms with E-state index in [1.54, 1.807) is 23.2 Å². The quantitative estimate of drug-likeness (QED) is 0.626. The Kier molecular flexibility index (Phi) is 3.34. The summed E-state index contributed by atoms with van der Waals surface area (Å²) in [6, 6.07) is 7.53. The molecule has 7 nitrogen and oxygen atoms in total. The number of nitrogens with one attached hydrogen (secondary N) is 1. The van der Waals surface area contributed by atoms with Gasteiger partial charge in [-0.2, -0.15) is 0 Å². The van der Waals surface area contributed by atoms with Crippen molar-refractivity contribution >= 4 is 22.2 Å². The van der Waals surface area contributed by atoms with Crippen LogP contribution in [0.1, 0.15) is 13.8 Å². The molecule has 1 N–H and O–H groups in total. The van der Waals surface area contributed by atoms with Gasteiger partial charge in [0.15, 0.2) is 5.65 Å². The zero-order valence-electron chi connectivity index (χ0n) is 13.5. The monoisotopic (exact) mass is 323 g/mol. The summed E-state index contributed by atoms with van der Waals surface area (Å²) in [5.41, 5.74) is 3.55. The van der Waals surface area contributed by atoms with Crippen molar-refractivity contribution in [3.05, 3.63) is 47.3 Å². The predicted octanol–water partition coefficient (Wildman–Crippen LogP) is 2.48. The molecule has 0 aliphatic carbocycles. The highest BCUT2D eigenvalue weighted by Crippen LogP contribution is 2.26. The Morgan fingerprint density at radius 1 is 1.21 bits per heavy atom. The number of pyridine rings is 1. The number of aryl methyl sites for hydroxylation is 1. The maximum Gasteiger partial charge on any atom is 0.332 e. The van der Waals surface area contributed by atoms with Crippen LogP contribution in [0.25, 0.3) is 27.9 Å². The van der Waals surface area contributed by atoms with Gasteiger partial charge in [0.05, 0.1) is 29.7 Å². The molecule has 4 aromatic rings. The lowest BCUT2D eigenvalue weighted by molar-refractivity contribution is 0.343. The third-order valence-electron chi connectivity index (χ3n) is 4.04. The Morgan fingerprint density at radius 2 is 2.08 bits per heavy atom. The van der Waals surface area contributed by atoms with Crippen LogP contribution in [0.4, 0.5) is 0 Å². The molecule has 24 heavy (non-hydrogen) atoms. The van der Waals surface area contributed by atoms with Gasteiger partial charge in [-0.25, -0.2) is 14.8 Å². The molecule has 0 bridgehead atoms. The summed E-state index contributed by atoms with van der Waals surface area (Å²) in [5, 5.41) is 0. The summed E-state index contributed by atoms with van der Waals surface area (Å²) in [7, 11) is 0. The fourth-order valence-corrected chi connectivity index (χ4v) is 2.96. The largest absolute Gasteiger partial charge is 0.491 e. The molecule has 0 saturated heterocycles. The fraction of sp³-hybridized carbons (Fsp3) is 0.235. The van der Waals surface area contributed by atoms with E-state index in [1.807, 2.05) is 29.7 Å². The maximum atomic E-state index is 12.5. The summed E-state index contributed by atoms with van der Waals surface area (Å²) in [6.07, 6.45) is 3.43. The van der Waals surface area contributed by atoms with Gasteiger partial charge in [0.1, 0.15) is 11.3 Å². The van der Waals surface area contributed by atoms with Crippen molar-refractivity contribution in [1.29, 1.82) is 0 Å². The fourth-order valence-electron chi connectivity index (χ4n) is 2.96. The van der Waals surface area contributed by atoms with E-state index in [2.05, 4.69) is 21.9 Å². The molecule has 7 heteroatoms. The molecule has 4 rings (SSSR count). The van der Waals surface area contributed by atoms with Crippen LogP contribution in [-0.4, -0.2) is 30.7 Å². The van der Waals surface area contributed by atoms with E-state index in [0.29, 0.717) is 23.5 Å². The zero-order valence-corrected chi connectivity index (χ0v) is 13.5. The van der Waals surface area contributed by atoms with Crippen molar-refractivity contribution in [2.24, 2.45) is 0 Å². The maximum absolute atomic E-state index is 12.5. The number of imidazole rings is 2. The first-order valence-electron chi connectivity index (χ1n) is 7.90. The molecular formula is C17H17N5O2. The van der Waals surface area contributed by atoms with Gasteiger partial charge in [0, 0.05) is 18.8 Å². The molecule has 3 heterocycles. The molecule has 0 atom stereocenters. The van der Waals surface area contributed by atoms with E-state index in [-0.39, 0.29) is 5.69 Å². The molecule has 0 spiro atoms. The van der Waals surface area contributed by atoms with Crippen molar-refractivity contribution in [2.75, 3.05) is 6.61 Å². The van der Waals surface area contributed by atoms with Gasteiger partial charge in [0.2, 0.25) is 0 Å². The van der Waals surface area contributed by atoms with Gasteiger partial charge in [0.25, 0.3) is 0 Å². The van der Waals surface area contributed by atoms with Crippen LogP contribution >= 0.6 is 0 Å². The second kappa shape index (κ2) is 5.52. The highest BCUT2D eigenvalue weighted by molar-refractivity contribution is 5.83. The lowest BCUT2D eigenvalue weighted by Crippen LogP contribution is -2.15. The molecule has 0 unspecified atom stereocenters. The van der Waals surface area contributed by atoms with Crippen LogP contribution in [0.2, 0.25) is 0 Å². The molecule has 0 radical (unpaired) electrons. The number of rotatable bonds is 4. The summed E-state index contributed by atoms with van der Waals surface area (Å²) >= 11 is 0. The number of fused-ring (bicyclic) bond motifs is 2. The second-order valence-electron chi connectivity index (χ2n) is 5.41. The Labute approximate surface area is 137 Å². The number of benzene rings is 1. The average Bonchev–Trinajstić information content (AvgIpc) is 3.14. The van der Waals surface area contributed by atoms with E-state index >= 15 is 0 Å². The normalized spacial score (nSPS) is 11.4. The van der Waals surface area contributed by atoms with Gasteiger partial charge >= 0.3 is 5.69 Å². The number of H-pyrrole nitrogens is 1. The third kappa shape index (κ3) is 2.09. The summed E-state index contributed by atoms with van der Waals surface area (Å²) < 4.78 is 9.31. The van der Waals surface area contributed by atoms with Gasteiger partial charge < -0.3 is 9.30 Å². The smallest absolute Gasteiger partial charge is 0.332 e. The number of aromatic amines is 1. The molecule has 0 saturated carbocycles. The van der Waals surface area contributed by atoms with E-state index < -0.39 is 0 Å². The summed E-state index contributed by atoms with van der Waals surface area (Å²) in [6.45, 7) is 5.30. The first kappa shape index (κ1) is 14.5. The minimum absolute atomic E-state index is 0.244. The molecule has 0 aliphatic heterocycles. The SMILES string of the molecule is CCOc1ccnc2[nH]c(=O)n(-c3ccc4ncn(CC)c4c3)c12. The lowest BCUT2D eigenvalue weighted by Gasteiger charge is -2.09. The number of aromatic nitrogens is 5. The lowest BCUT2D eigenvalue weighted by atomic mass is 10.2. The minimum atomic E-state index is -0.244. The van der Waals surface area contributed by atoms with Crippen LogP contribution in [0.15, 0.2) is 41.6 Å². The first-order valence-corrected chi connectivity index (χ1v) is 7.90. The van der Waals surface area contributed by atoms with Gasteiger partial charge in [-0.15, -0.1) is 0 Å². The molecular weight excluding hydrogens is 306 g/mol. The Hall–Kier alpha value is -3.09. The van der Waals surface area contributed by atoms with Crippen LogP contribution in [0, 0.1) is 0 Å². The van der Waals surface area contributed by atoms with Gasteiger partial charge in [-0.3, -0.25) is 9.55 Å². The van der Waals surface area contributed by atoms with Crippen molar-refractivity contribution in [3.63, 3.8) is 0 Å². The van der Waals surface area contributed by atoms with Crippen LogP contribution in [-0.2, 0) is 6.54 Å². The molecule has 0 aliphatic rings. The Bertz CT molecular complexity index is 1090. The van der Waals surface area contributed by atoms with Crippen LogP contribution in [0.3, 0.4) is 0 Å². The first-order chi connectivity index (χ1) is 11.7. The molecule has 0 amide bonds. The van der Waals surface area contributed by atoms with Crippen LogP contribution < -0.4 is 10.4 Å². The average molecular weight is 323 g/mol. The molecule has 0 fully saturated rings. The highest BCUT2D eigenvalue weighted by atomic mass is 16.5. The van der Waals surface area contributed by atoms with Gasteiger partial charge in [-0.05, 0) is 32.0 Å². The zero-order chi connectivity index (χ0) is 16.7. The van der Waals surface area contributed by atoms with Crippen LogP contribution in [0.5, 0.6) is 5.75 Å². The molecule has 3 aromatic heterocycles. The van der Waals surface area contributed by atoms with E-state index in [4.69, 9.17) is 4.74 Å². The third-order valence-corrected chi connectivity index (χ3v) is 4.04. The standard InChI is InChI=1S/C17H17N5O2/c1-3-21-10-19-12-6-5-11(9-13(12)21)22-15-14(24-4-2)7-8-18-16(15)20-17(22)23/h5-10H,3-4H2,1-2H3,(H,18,20,23). The molecule has 1 aromatic carbocycles. The van der Waals surface area contributed by atoms with Crippen molar-refractivity contribution in [1.82, 2.24) is 24.1 Å². The summed E-state index contributed by atoms with van der Waals surface area (Å²) in [5.74, 6) is 0.630. The van der Waals surface area contributed by atoms with Crippen molar-refractivity contribution in [2.45, 2.75) is 20.4 Å². The minimum Gasteiger partial charge on any atom is -0.491 e. The highest BCUT2D eigenvalue weighted by Gasteiger charge is 2.15. The number of ether oxygens (including phenoxy) is 1. The Balaban J connectivity index is 2.02. The Morgan fingerprint density at radius 3 is 2.88 bits per heavy atom. The number of hydrogen-bond acceptors (Lipinski definition) is 4. The number of nitrogens with zero attached hydrogens (tertiary/aromatic N) is 4. The van der Waals surface area contributed by atoms with Crippen molar-refractivity contribution < 1.29 is 4.74 Å². The summed E-state index contributed by atoms with van der Waals surface area (Å²) in [4.78, 5) is 23.9. The van der Waals surface area contributed by atoms with E-state index in [0.717, 1.165) is 23.3 Å². The van der Waals surface area contributed by atoms with E-state index in [1.165, 1.54) is 0 Å². The topological polar surface area (TPSA) is 77.7 Å². The second-order valence-corrected chi connectivity index (χ2v) is 5.41. The van der Waals surface area contributed by atoms with Crippen molar-refractivity contribution in [3.8, 4) is 11.4 Å². The van der Waals surface area contributed by atoms with E-state index in [9.17, 15) is 4.79 Å². The molecule has 122 valence electrons. The van der Waals surface area contributed by atoms with Gasteiger partial charge in [-0.1, -0.05) is 0 Å².